The molecule has 3 heteroatoms. The number of phenols is 1. The fraction of sp³-hybridized carbons (Fsp3) is 0. The molecule has 0 saturated carbocycles. The number of benzene rings is 2. The maximum atomic E-state index is 9.21. The van der Waals surface area contributed by atoms with Crippen LogP contribution in [0, 0.1) is 22.7 Å². The first-order valence-corrected chi connectivity index (χ1v) is 5.64. The largest absolute Gasteiger partial charge is 0.508 e. The van der Waals surface area contributed by atoms with E-state index in [1.54, 1.807) is 54.6 Å². The lowest BCUT2D eigenvalue weighted by Gasteiger charge is -2.00. The average molecular weight is 246 g/mol. The van der Waals surface area contributed by atoms with Crippen LogP contribution in [-0.4, -0.2) is 5.11 Å². The van der Waals surface area contributed by atoms with Crippen LogP contribution < -0.4 is 0 Å². The van der Waals surface area contributed by atoms with Crippen LogP contribution in [-0.2, 0) is 0 Å². The zero-order valence-electron chi connectivity index (χ0n) is 10.0. The van der Waals surface area contributed by atoms with Gasteiger partial charge in [0, 0.05) is 0 Å². The first kappa shape index (κ1) is 12.4. The standard InChI is InChI=1S/C16H10N2O/c17-10-13-1-5-14(6-2-13)15(11-18)9-12-3-7-16(19)8-4-12/h1-9,19H. The van der Waals surface area contributed by atoms with Gasteiger partial charge in [-0.3, -0.25) is 0 Å². The summed E-state index contributed by atoms with van der Waals surface area (Å²) in [5.74, 6) is 0.189. The second-order valence-corrected chi connectivity index (χ2v) is 3.95. The molecule has 0 atom stereocenters. The van der Waals surface area contributed by atoms with Gasteiger partial charge in [-0.2, -0.15) is 10.5 Å². The summed E-state index contributed by atoms with van der Waals surface area (Å²) in [4.78, 5) is 0. The highest BCUT2D eigenvalue weighted by Crippen LogP contribution is 2.19. The Labute approximate surface area is 111 Å². The Bertz CT molecular complexity index is 684. The fourth-order valence-electron chi connectivity index (χ4n) is 1.64. The summed E-state index contributed by atoms with van der Waals surface area (Å²) >= 11 is 0. The van der Waals surface area contributed by atoms with E-state index in [0.29, 0.717) is 11.1 Å². The maximum absolute atomic E-state index is 9.21. The Morgan fingerprint density at radius 3 is 2.11 bits per heavy atom. The molecule has 0 fully saturated rings. The van der Waals surface area contributed by atoms with Crippen LogP contribution in [0.4, 0.5) is 0 Å². The summed E-state index contributed by atoms with van der Waals surface area (Å²) in [6.45, 7) is 0. The van der Waals surface area contributed by atoms with E-state index < -0.39 is 0 Å². The van der Waals surface area contributed by atoms with Gasteiger partial charge in [0.2, 0.25) is 0 Å². The number of hydrogen-bond donors (Lipinski definition) is 1. The topological polar surface area (TPSA) is 67.8 Å². The molecule has 0 radical (unpaired) electrons. The fourth-order valence-corrected chi connectivity index (χ4v) is 1.64. The molecular weight excluding hydrogens is 236 g/mol. The van der Waals surface area contributed by atoms with Crippen molar-refractivity contribution in [1.82, 2.24) is 0 Å². The zero-order chi connectivity index (χ0) is 13.7. The van der Waals surface area contributed by atoms with Gasteiger partial charge in [-0.1, -0.05) is 24.3 Å². The predicted molar refractivity (Wildman–Crippen MR) is 72.7 cm³/mol. The molecule has 2 aromatic rings. The van der Waals surface area contributed by atoms with Crippen LogP contribution in [0.1, 0.15) is 16.7 Å². The number of nitriles is 2. The number of aromatic hydroxyl groups is 1. The lowest BCUT2D eigenvalue weighted by atomic mass is 10.0. The monoisotopic (exact) mass is 246 g/mol. The number of hydrogen-bond acceptors (Lipinski definition) is 3. The molecule has 2 aromatic carbocycles. The van der Waals surface area contributed by atoms with Gasteiger partial charge in [0.15, 0.2) is 0 Å². The summed E-state index contributed by atoms with van der Waals surface area (Å²) < 4.78 is 0. The smallest absolute Gasteiger partial charge is 0.115 e. The molecule has 0 spiro atoms. The number of allylic oxidation sites excluding steroid dienone is 1. The number of nitrogens with zero attached hydrogens (tertiary/aromatic N) is 2. The van der Waals surface area contributed by atoms with Crippen molar-refractivity contribution in [3.63, 3.8) is 0 Å². The zero-order valence-corrected chi connectivity index (χ0v) is 10.0. The normalized spacial score (nSPS) is 10.5. The Balaban J connectivity index is 2.36. The van der Waals surface area contributed by atoms with Gasteiger partial charge < -0.3 is 5.11 Å². The molecule has 1 N–H and O–H groups in total. The third-order valence-corrected chi connectivity index (χ3v) is 2.65. The summed E-state index contributed by atoms with van der Waals surface area (Å²) in [7, 11) is 0. The van der Waals surface area contributed by atoms with Crippen LogP contribution in [0.2, 0.25) is 0 Å². The summed E-state index contributed by atoms with van der Waals surface area (Å²) in [5.41, 5.74) is 2.66. The molecule has 0 aliphatic heterocycles. The highest BCUT2D eigenvalue weighted by Gasteiger charge is 2.01. The molecule has 2 rings (SSSR count). The predicted octanol–water partition coefficient (Wildman–Crippen LogP) is 3.33. The first-order valence-electron chi connectivity index (χ1n) is 5.64. The van der Waals surface area contributed by atoms with Crippen molar-refractivity contribution in [1.29, 1.82) is 10.5 Å². The lowest BCUT2D eigenvalue weighted by molar-refractivity contribution is 0.475. The van der Waals surface area contributed by atoms with Gasteiger partial charge in [0.1, 0.15) is 5.75 Å². The summed E-state index contributed by atoms with van der Waals surface area (Å²) in [6, 6.07) is 17.6. The van der Waals surface area contributed by atoms with Crippen LogP contribution in [0.25, 0.3) is 11.6 Å². The summed E-state index contributed by atoms with van der Waals surface area (Å²) in [5, 5.41) is 27.1. The second kappa shape index (κ2) is 5.53. The Morgan fingerprint density at radius 1 is 0.947 bits per heavy atom. The minimum atomic E-state index is 0.189. The third kappa shape index (κ3) is 3.00. The molecular formula is C16H10N2O. The van der Waals surface area contributed by atoms with Crippen molar-refractivity contribution in [2.24, 2.45) is 0 Å². The van der Waals surface area contributed by atoms with Crippen LogP contribution in [0.3, 0.4) is 0 Å². The molecule has 0 unspecified atom stereocenters. The van der Waals surface area contributed by atoms with E-state index in [4.69, 9.17) is 5.26 Å². The van der Waals surface area contributed by atoms with E-state index in [1.807, 2.05) is 6.07 Å². The minimum absolute atomic E-state index is 0.189. The van der Waals surface area contributed by atoms with Gasteiger partial charge in [-0.25, -0.2) is 0 Å². The Morgan fingerprint density at radius 2 is 1.58 bits per heavy atom. The average Bonchev–Trinajstić information content (AvgIpc) is 2.47. The first-order chi connectivity index (χ1) is 9.22. The van der Waals surface area contributed by atoms with E-state index in [0.717, 1.165) is 11.1 Å². The quantitative estimate of drug-likeness (QED) is 0.652. The molecule has 0 aliphatic carbocycles. The van der Waals surface area contributed by atoms with Crippen molar-refractivity contribution in [3.8, 4) is 17.9 Å². The molecule has 0 saturated heterocycles. The van der Waals surface area contributed by atoms with Gasteiger partial charge >= 0.3 is 0 Å². The molecule has 0 aliphatic rings. The maximum Gasteiger partial charge on any atom is 0.115 e. The van der Waals surface area contributed by atoms with Crippen molar-refractivity contribution in [3.05, 3.63) is 65.2 Å². The molecule has 0 heterocycles. The highest BCUT2D eigenvalue weighted by atomic mass is 16.3. The molecule has 0 amide bonds. The molecule has 3 nitrogen and oxygen atoms in total. The SMILES string of the molecule is N#CC(=Cc1ccc(O)cc1)c1ccc(C#N)cc1. The molecule has 19 heavy (non-hydrogen) atoms. The minimum Gasteiger partial charge on any atom is -0.508 e. The molecule has 0 bridgehead atoms. The number of rotatable bonds is 2. The van der Waals surface area contributed by atoms with E-state index >= 15 is 0 Å². The van der Waals surface area contributed by atoms with Crippen molar-refractivity contribution < 1.29 is 5.11 Å². The van der Waals surface area contributed by atoms with Crippen LogP contribution in [0.15, 0.2) is 48.5 Å². The highest BCUT2D eigenvalue weighted by molar-refractivity contribution is 5.89. The van der Waals surface area contributed by atoms with Gasteiger partial charge in [-0.15, -0.1) is 0 Å². The van der Waals surface area contributed by atoms with Crippen molar-refractivity contribution in [2.45, 2.75) is 0 Å². The van der Waals surface area contributed by atoms with Crippen LogP contribution >= 0.6 is 0 Å². The molecule has 0 aromatic heterocycles. The third-order valence-electron chi connectivity index (χ3n) is 2.65. The van der Waals surface area contributed by atoms with Gasteiger partial charge in [0.25, 0.3) is 0 Å². The Hall–Kier alpha value is -3.04. The van der Waals surface area contributed by atoms with Gasteiger partial charge in [-0.05, 0) is 41.5 Å². The number of phenolic OH excluding ortho intramolecular Hbond substituents is 1. The molecule has 90 valence electrons. The van der Waals surface area contributed by atoms with E-state index in [1.165, 1.54) is 0 Å². The Kier molecular flexibility index (Phi) is 3.61. The van der Waals surface area contributed by atoms with E-state index in [2.05, 4.69) is 6.07 Å². The van der Waals surface area contributed by atoms with E-state index in [-0.39, 0.29) is 5.75 Å². The van der Waals surface area contributed by atoms with E-state index in [9.17, 15) is 10.4 Å². The lowest BCUT2D eigenvalue weighted by Crippen LogP contribution is -1.83. The summed E-state index contributed by atoms with van der Waals surface area (Å²) in [6.07, 6.45) is 1.74. The van der Waals surface area contributed by atoms with Crippen molar-refractivity contribution in [2.75, 3.05) is 0 Å². The van der Waals surface area contributed by atoms with Gasteiger partial charge in [0.05, 0.1) is 23.3 Å². The second-order valence-electron chi connectivity index (χ2n) is 3.95. The van der Waals surface area contributed by atoms with Crippen LogP contribution in [0.5, 0.6) is 5.75 Å². The van der Waals surface area contributed by atoms with Crippen molar-refractivity contribution >= 4 is 11.6 Å².